The van der Waals surface area contributed by atoms with Gasteiger partial charge in [0.25, 0.3) is 11.5 Å². The molecule has 5 heterocycles. The monoisotopic (exact) mass is 763 g/mol. The number of carbonyl (C=O) groups excluding carboxylic acids is 2. The third-order valence-corrected chi connectivity index (χ3v) is 9.78. The van der Waals surface area contributed by atoms with Crippen molar-refractivity contribution in [2.75, 3.05) is 36.4 Å². The number of hydrogen-bond donors (Lipinski definition) is 2. The lowest BCUT2D eigenvalue weighted by molar-refractivity contribution is -0.116. The number of halogens is 4. The molecule has 14 nitrogen and oxygen atoms in total. The van der Waals surface area contributed by atoms with Crippen LogP contribution in [0.1, 0.15) is 45.5 Å². The largest absolute Gasteiger partial charge is 0.504 e. The third-order valence-electron chi connectivity index (χ3n) is 9.47. The van der Waals surface area contributed by atoms with E-state index in [2.05, 4.69) is 27.0 Å². The van der Waals surface area contributed by atoms with Crippen LogP contribution in [0.3, 0.4) is 0 Å². The standard InChI is InChI=1S/C36H33ClF3N9O5/c1-4-27-30(46-9-11-47(12-10-46)33(52)29-31(51)20(3)41-18-42-29)34(53)49-35(44-32(45-49)22-5-6-23-16-54-17-24(23)13-22)48(27)15-28(50)43-26-8-7-21(14-25(26)37)19(2)36(38,39)40/h5-8,13-14,18,51H,2,4,9-12,15-17H2,1,3H3,(H,43,50). The maximum absolute atomic E-state index is 14.3. The van der Waals surface area contributed by atoms with Crippen molar-refractivity contribution in [3.63, 3.8) is 0 Å². The van der Waals surface area contributed by atoms with Gasteiger partial charge in [0, 0.05) is 31.7 Å². The van der Waals surface area contributed by atoms with Gasteiger partial charge in [0.15, 0.2) is 17.3 Å². The topological polar surface area (TPSA) is 160 Å². The van der Waals surface area contributed by atoms with Gasteiger partial charge in [0.1, 0.15) is 18.6 Å². The van der Waals surface area contributed by atoms with Gasteiger partial charge >= 0.3 is 6.18 Å². The number of benzene rings is 2. The number of ether oxygens (including phenoxy) is 1. The lowest BCUT2D eigenvalue weighted by atomic mass is 10.1. The number of anilines is 2. The molecule has 54 heavy (non-hydrogen) atoms. The zero-order chi connectivity index (χ0) is 38.5. The van der Waals surface area contributed by atoms with Crippen molar-refractivity contribution in [2.24, 2.45) is 0 Å². The lowest BCUT2D eigenvalue weighted by Gasteiger charge is -2.36. The first-order chi connectivity index (χ1) is 25.7. The predicted octanol–water partition coefficient (Wildman–Crippen LogP) is 4.78. The first kappa shape index (κ1) is 36.5. The molecule has 1 fully saturated rings. The Morgan fingerprint density at radius 3 is 2.50 bits per heavy atom. The molecule has 0 aliphatic carbocycles. The third kappa shape index (κ3) is 6.75. The van der Waals surface area contributed by atoms with E-state index in [1.807, 2.05) is 30.0 Å². The molecule has 0 spiro atoms. The smallest absolute Gasteiger partial charge is 0.416 e. The average molecular weight is 764 g/mol. The normalized spacial score (nSPS) is 14.4. The molecule has 1 saturated heterocycles. The Morgan fingerprint density at radius 1 is 1.06 bits per heavy atom. The molecule has 280 valence electrons. The summed E-state index contributed by atoms with van der Waals surface area (Å²) in [4.78, 5) is 57.3. The first-order valence-corrected chi connectivity index (χ1v) is 17.3. The fourth-order valence-electron chi connectivity index (χ4n) is 6.57. The number of aromatic hydroxyl groups is 1. The highest BCUT2D eigenvalue weighted by Crippen LogP contribution is 2.35. The Balaban J connectivity index is 1.24. The summed E-state index contributed by atoms with van der Waals surface area (Å²) in [5.41, 5.74) is 1.79. The first-order valence-electron chi connectivity index (χ1n) is 16.9. The summed E-state index contributed by atoms with van der Waals surface area (Å²) >= 11 is 6.31. The zero-order valence-corrected chi connectivity index (χ0v) is 29.8. The second-order valence-electron chi connectivity index (χ2n) is 12.8. The van der Waals surface area contributed by atoms with E-state index in [1.54, 1.807) is 11.5 Å². The molecule has 5 aromatic rings. The summed E-state index contributed by atoms with van der Waals surface area (Å²) in [5.74, 6) is -1.04. The molecule has 0 saturated carbocycles. The van der Waals surface area contributed by atoms with Gasteiger partial charge in [0.05, 0.1) is 40.9 Å². The van der Waals surface area contributed by atoms with E-state index < -0.39 is 29.1 Å². The average Bonchev–Trinajstić information content (AvgIpc) is 3.82. The van der Waals surface area contributed by atoms with Gasteiger partial charge in [-0.2, -0.15) is 22.7 Å². The van der Waals surface area contributed by atoms with E-state index in [1.165, 1.54) is 17.3 Å². The number of piperazine rings is 1. The summed E-state index contributed by atoms with van der Waals surface area (Å²) in [7, 11) is 0. The molecule has 7 rings (SSSR count). The van der Waals surface area contributed by atoms with Crippen molar-refractivity contribution in [3.05, 3.63) is 98.5 Å². The highest BCUT2D eigenvalue weighted by Gasteiger charge is 2.34. The van der Waals surface area contributed by atoms with Crippen LogP contribution in [0.5, 0.6) is 5.75 Å². The van der Waals surface area contributed by atoms with Crippen molar-refractivity contribution in [2.45, 2.75) is 46.2 Å². The van der Waals surface area contributed by atoms with Gasteiger partial charge in [-0.25, -0.2) is 9.97 Å². The quantitative estimate of drug-likeness (QED) is 0.225. The van der Waals surface area contributed by atoms with Crippen LogP contribution in [0.15, 0.2) is 54.1 Å². The number of allylic oxidation sites excluding steroid dienone is 1. The molecule has 0 unspecified atom stereocenters. The Hall–Kier alpha value is -5.81. The molecule has 2 amide bonds. The Kier molecular flexibility index (Phi) is 9.61. The Bertz CT molecular complexity index is 2400. The number of hydrogen-bond acceptors (Lipinski definition) is 10. The number of fused-ring (bicyclic) bond motifs is 2. The summed E-state index contributed by atoms with van der Waals surface area (Å²) in [6.07, 6.45) is -3.17. The molecule has 2 aromatic carbocycles. The molecule has 0 atom stereocenters. The molecule has 0 radical (unpaired) electrons. The van der Waals surface area contributed by atoms with Crippen molar-refractivity contribution in [3.8, 4) is 17.1 Å². The van der Waals surface area contributed by atoms with Crippen molar-refractivity contribution >= 4 is 46.1 Å². The van der Waals surface area contributed by atoms with Gasteiger partial charge in [-0.3, -0.25) is 14.4 Å². The van der Waals surface area contributed by atoms with Gasteiger partial charge in [0.2, 0.25) is 11.7 Å². The number of aromatic nitrogens is 6. The fourth-order valence-corrected chi connectivity index (χ4v) is 6.80. The number of carbonyl (C=O) groups is 2. The summed E-state index contributed by atoms with van der Waals surface area (Å²) in [6.45, 7) is 7.87. The van der Waals surface area contributed by atoms with E-state index in [0.717, 1.165) is 27.8 Å². The number of aryl methyl sites for hydroxylation is 1. The maximum atomic E-state index is 14.3. The number of rotatable bonds is 8. The number of alkyl halides is 3. The summed E-state index contributed by atoms with van der Waals surface area (Å²) < 4.78 is 48.0. The minimum Gasteiger partial charge on any atom is -0.504 e. The molecule has 2 N–H and O–H groups in total. The SMILES string of the molecule is C=C(c1ccc(NC(=O)Cn2c(CC)c(N3CCN(C(=O)c4ncnc(C)c4O)CC3)c(=O)n3nc(-c4ccc5c(c4)COC5)nc23)c(Cl)c1)C(F)(F)F. The van der Waals surface area contributed by atoms with E-state index in [9.17, 15) is 32.7 Å². The second-order valence-corrected chi connectivity index (χ2v) is 13.2. The van der Waals surface area contributed by atoms with Gasteiger partial charge < -0.3 is 29.5 Å². The van der Waals surface area contributed by atoms with Gasteiger partial charge in [-0.1, -0.05) is 43.3 Å². The van der Waals surface area contributed by atoms with Crippen LogP contribution in [-0.2, 0) is 35.7 Å². The van der Waals surface area contributed by atoms with Gasteiger partial charge in [-0.15, -0.1) is 5.10 Å². The van der Waals surface area contributed by atoms with E-state index >= 15 is 0 Å². The van der Waals surface area contributed by atoms with Crippen molar-refractivity contribution in [1.82, 2.24) is 34.0 Å². The Labute approximate surface area is 310 Å². The van der Waals surface area contributed by atoms with Crippen LogP contribution in [0.25, 0.3) is 22.7 Å². The fraction of sp³-hybridized carbons (Fsp3) is 0.306. The highest BCUT2D eigenvalue weighted by atomic mass is 35.5. The van der Waals surface area contributed by atoms with E-state index in [0.29, 0.717) is 24.5 Å². The lowest BCUT2D eigenvalue weighted by Crippen LogP contribution is -2.51. The van der Waals surface area contributed by atoms with E-state index in [4.69, 9.17) is 21.3 Å². The molecule has 2 aliphatic rings. The highest BCUT2D eigenvalue weighted by molar-refractivity contribution is 6.33. The van der Waals surface area contributed by atoms with Crippen LogP contribution in [-0.4, -0.2) is 83.3 Å². The minimum atomic E-state index is -4.66. The minimum absolute atomic E-state index is 0.0731. The maximum Gasteiger partial charge on any atom is 0.416 e. The Morgan fingerprint density at radius 2 is 1.80 bits per heavy atom. The van der Waals surface area contributed by atoms with Crippen LogP contribution in [0, 0.1) is 6.92 Å². The molecule has 3 aromatic heterocycles. The summed E-state index contributed by atoms with van der Waals surface area (Å²) in [5, 5.41) is 17.5. The molecular formula is C36H33ClF3N9O5. The van der Waals surface area contributed by atoms with Crippen LogP contribution in [0.2, 0.25) is 5.02 Å². The molecule has 18 heteroatoms. The molecular weight excluding hydrogens is 731 g/mol. The number of amides is 2. The van der Waals surface area contributed by atoms with Crippen molar-refractivity contribution in [1.29, 1.82) is 0 Å². The second kappa shape index (κ2) is 14.2. The van der Waals surface area contributed by atoms with Crippen LogP contribution < -0.4 is 15.8 Å². The zero-order valence-electron chi connectivity index (χ0n) is 29.1. The number of nitrogens with one attached hydrogen (secondary N) is 1. The predicted molar refractivity (Wildman–Crippen MR) is 192 cm³/mol. The molecule has 2 aliphatic heterocycles. The van der Waals surface area contributed by atoms with Gasteiger partial charge in [-0.05, 0) is 48.2 Å². The van der Waals surface area contributed by atoms with E-state index in [-0.39, 0.29) is 89.8 Å². The van der Waals surface area contributed by atoms with Crippen molar-refractivity contribution < 1.29 is 32.6 Å². The summed E-state index contributed by atoms with van der Waals surface area (Å²) in [6, 6.07) is 9.13. The number of nitrogens with zero attached hydrogens (tertiary/aromatic N) is 8. The van der Waals surface area contributed by atoms with Crippen LogP contribution >= 0.6 is 11.6 Å². The van der Waals surface area contributed by atoms with Crippen LogP contribution in [0.4, 0.5) is 24.5 Å². The molecule has 0 bridgehead atoms.